The maximum atomic E-state index is 13.7. The number of nitro benzene ring substituents is 1. The average Bonchev–Trinajstić information content (AvgIpc) is 3.21. The second-order valence-electron chi connectivity index (χ2n) is 10.1. The van der Waals surface area contributed by atoms with Gasteiger partial charge in [0.2, 0.25) is 0 Å². The molecule has 2 unspecified atom stereocenters. The summed E-state index contributed by atoms with van der Waals surface area (Å²) in [5.74, 6) is -3.67. The van der Waals surface area contributed by atoms with Crippen molar-refractivity contribution in [3.05, 3.63) is 97.9 Å². The number of hydrogen-bond acceptors (Lipinski definition) is 8. The molecule has 39 heavy (non-hydrogen) atoms. The SMILES string of the molecule is COC(=O)C1=C(C)NC(C)=C(C(=O)OC2(C)CCN(Cc3cc(F)cc(F)c3)C2)C1c1cccc([N+](=O)[O-])c1. The zero-order chi connectivity index (χ0) is 28.5. The molecule has 4 rings (SSSR count). The third-order valence-electron chi connectivity index (χ3n) is 6.98. The highest BCUT2D eigenvalue weighted by molar-refractivity contribution is 6.00. The lowest BCUT2D eigenvalue weighted by Crippen LogP contribution is -2.39. The Labute approximate surface area is 224 Å². The van der Waals surface area contributed by atoms with Gasteiger partial charge in [0.15, 0.2) is 0 Å². The Bertz CT molecular complexity index is 1390. The number of dihydropyridines is 1. The van der Waals surface area contributed by atoms with E-state index in [0.717, 1.165) is 6.07 Å². The predicted octanol–water partition coefficient (Wildman–Crippen LogP) is 4.49. The molecule has 2 aromatic carbocycles. The first-order valence-electron chi connectivity index (χ1n) is 12.3. The summed E-state index contributed by atoms with van der Waals surface area (Å²) >= 11 is 0. The predicted molar refractivity (Wildman–Crippen MR) is 137 cm³/mol. The van der Waals surface area contributed by atoms with E-state index in [1.807, 2.05) is 4.90 Å². The summed E-state index contributed by atoms with van der Waals surface area (Å²) in [7, 11) is 1.22. The number of carbonyl (C=O) groups excluding carboxylic acids is 2. The first-order valence-corrected chi connectivity index (χ1v) is 12.3. The summed E-state index contributed by atoms with van der Waals surface area (Å²) in [5, 5.41) is 14.5. The molecule has 11 heteroatoms. The van der Waals surface area contributed by atoms with Crippen LogP contribution < -0.4 is 5.32 Å². The lowest BCUT2D eigenvalue weighted by Gasteiger charge is -2.32. The summed E-state index contributed by atoms with van der Waals surface area (Å²) in [6.07, 6.45) is 0.469. The number of hydrogen-bond donors (Lipinski definition) is 1. The number of nitrogens with zero attached hydrogens (tertiary/aromatic N) is 2. The lowest BCUT2D eigenvalue weighted by molar-refractivity contribution is -0.384. The number of ether oxygens (including phenoxy) is 2. The van der Waals surface area contributed by atoms with E-state index < -0.39 is 40.0 Å². The molecule has 0 saturated carbocycles. The topological polar surface area (TPSA) is 111 Å². The normalized spacial score (nSPS) is 21.5. The van der Waals surface area contributed by atoms with Crippen LogP contribution in [0.5, 0.6) is 0 Å². The molecule has 2 aromatic rings. The number of non-ortho nitro benzene ring substituents is 1. The second kappa shape index (κ2) is 10.9. The van der Waals surface area contributed by atoms with Gasteiger partial charge in [0.25, 0.3) is 5.69 Å². The van der Waals surface area contributed by atoms with Crippen molar-refractivity contribution in [3.63, 3.8) is 0 Å². The van der Waals surface area contributed by atoms with Crippen LogP contribution in [0.1, 0.15) is 44.2 Å². The van der Waals surface area contributed by atoms with Gasteiger partial charge in [-0.3, -0.25) is 15.0 Å². The number of nitrogens with one attached hydrogen (secondary N) is 1. The van der Waals surface area contributed by atoms with Crippen LogP contribution in [0.4, 0.5) is 14.5 Å². The number of halogens is 2. The van der Waals surface area contributed by atoms with Gasteiger partial charge in [-0.1, -0.05) is 12.1 Å². The summed E-state index contributed by atoms with van der Waals surface area (Å²) in [6.45, 7) is 6.22. The first-order chi connectivity index (χ1) is 18.4. The third kappa shape index (κ3) is 5.98. The number of allylic oxidation sites excluding steroid dienone is 2. The maximum Gasteiger partial charge on any atom is 0.337 e. The van der Waals surface area contributed by atoms with E-state index in [2.05, 4.69) is 5.32 Å². The van der Waals surface area contributed by atoms with Crippen molar-refractivity contribution >= 4 is 17.6 Å². The van der Waals surface area contributed by atoms with E-state index in [-0.39, 0.29) is 23.4 Å². The Morgan fingerprint density at radius 1 is 1.10 bits per heavy atom. The molecule has 0 aliphatic carbocycles. The zero-order valence-electron chi connectivity index (χ0n) is 22.0. The second-order valence-corrected chi connectivity index (χ2v) is 10.1. The number of likely N-dealkylation sites (tertiary alicyclic amines) is 1. The largest absolute Gasteiger partial charge is 0.466 e. The van der Waals surface area contributed by atoms with Gasteiger partial charge in [-0.25, -0.2) is 18.4 Å². The average molecular weight is 542 g/mol. The van der Waals surface area contributed by atoms with Crippen LogP contribution in [0, 0.1) is 21.7 Å². The van der Waals surface area contributed by atoms with Gasteiger partial charge in [0, 0.05) is 55.6 Å². The van der Waals surface area contributed by atoms with Crippen molar-refractivity contribution < 1.29 is 32.8 Å². The number of methoxy groups -OCH3 is 1. The minimum atomic E-state index is -0.970. The van der Waals surface area contributed by atoms with Gasteiger partial charge >= 0.3 is 11.9 Å². The fourth-order valence-electron chi connectivity index (χ4n) is 5.28. The van der Waals surface area contributed by atoms with Crippen LogP contribution in [0.25, 0.3) is 0 Å². The fourth-order valence-corrected chi connectivity index (χ4v) is 5.28. The highest BCUT2D eigenvalue weighted by atomic mass is 19.1. The quantitative estimate of drug-likeness (QED) is 0.310. The van der Waals surface area contributed by atoms with Crippen molar-refractivity contribution in [1.29, 1.82) is 0 Å². The van der Waals surface area contributed by atoms with E-state index in [4.69, 9.17) is 9.47 Å². The molecule has 2 aliphatic heterocycles. The van der Waals surface area contributed by atoms with Gasteiger partial charge in [0.1, 0.15) is 17.2 Å². The van der Waals surface area contributed by atoms with Crippen molar-refractivity contribution in [2.75, 3.05) is 20.2 Å². The Hall–Kier alpha value is -4.12. The number of esters is 2. The molecule has 1 fully saturated rings. The lowest BCUT2D eigenvalue weighted by atomic mass is 9.80. The molecular weight excluding hydrogens is 512 g/mol. The van der Waals surface area contributed by atoms with Crippen molar-refractivity contribution in [1.82, 2.24) is 10.2 Å². The third-order valence-corrected chi connectivity index (χ3v) is 6.98. The molecular formula is C28H29F2N3O6. The molecule has 206 valence electrons. The van der Waals surface area contributed by atoms with Gasteiger partial charge in [-0.15, -0.1) is 0 Å². The molecule has 0 aromatic heterocycles. The molecule has 0 bridgehead atoms. The number of rotatable bonds is 7. The Morgan fingerprint density at radius 2 is 1.74 bits per heavy atom. The molecule has 2 heterocycles. The molecule has 2 aliphatic rings. The molecule has 2 atom stereocenters. The van der Waals surface area contributed by atoms with Crippen LogP contribution in [0.15, 0.2) is 65.0 Å². The molecule has 0 amide bonds. The van der Waals surface area contributed by atoms with Crippen LogP contribution in [0.3, 0.4) is 0 Å². The van der Waals surface area contributed by atoms with Crippen molar-refractivity contribution in [3.8, 4) is 0 Å². The van der Waals surface area contributed by atoms with Gasteiger partial charge in [-0.2, -0.15) is 0 Å². The highest BCUT2D eigenvalue weighted by Crippen LogP contribution is 2.41. The summed E-state index contributed by atoms with van der Waals surface area (Å²) in [6, 6.07) is 9.08. The maximum absolute atomic E-state index is 13.7. The Balaban J connectivity index is 1.62. The number of benzene rings is 2. The zero-order valence-corrected chi connectivity index (χ0v) is 22.0. The van der Waals surface area contributed by atoms with E-state index >= 15 is 0 Å². The Morgan fingerprint density at radius 3 is 2.36 bits per heavy atom. The standard InChI is InChI=1S/C28H29F2N3O6/c1-16-23(26(34)38-4)25(19-6-5-7-22(12-19)33(36)37)24(17(2)31-16)27(35)39-28(3)8-9-32(15-28)14-18-10-20(29)13-21(30)11-18/h5-7,10-13,25,31H,8-9,14-15H2,1-4H3. The number of nitro groups is 1. The number of carbonyl (C=O) groups is 2. The minimum Gasteiger partial charge on any atom is -0.466 e. The molecule has 0 radical (unpaired) electrons. The van der Waals surface area contributed by atoms with Crippen LogP contribution in [0.2, 0.25) is 0 Å². The minimum absolute atomic E-state index is 0.133. The molecule has 0 spiro atoms. The van der Waals surface area contributed by atoms with E-state index in [1.54, 1.807) is 26.8 Å². The smallest absolute Gasteiger partial charge is 0.337 e. The van der Waals surface area contributed by atoms with Gasteiger partial charge in [-0.05, 0) is 44.0 Å². The molecule has 1 saturated heterocycles. The summed E-state index contributed by atoms with van der Waals surface area (Å²) < 4.78 is 38.3. The summed E-state index contributed by atoms with van der Waals surface area (Å²) in [5.41, 5.74) is 0.879. The van der Waals surface area contributed by atoms with Crippen LogP contribution in [-0.4, -0.2) is 47.6 Å². The first kappa shape index (κ1) is 27.9. The summed E-state index contributed by atoms with van der Waals surface area (Å²) in [4.78, 5) is 39.4. The van der Waals surface area contributed by atoms with Crippen LogP contribution >= 0.6 is 0 Å². The fraction of sp³-hybridized carbons (Fsp3) is 0.357. The Kier molecular flexibility index (Phi) is 7.82. The van der Waals surface area contributed by atoms with E-state index in [0.29, 0.717) is 42.0 Å². The van der Waals surface area contributed by atoms with Crippen LogP contribution in [-0.2, 0) is 25.6 Å². The monoisotopic (exact) mass is 541 g/mol. The van der Waals surface area contributed by atoms with Gasteiger partial charge in [0.05, 0.1) is 29.1 Å². The highest BCUT2D eigenvalue weighted by Gasteiger charge is 2.43. The van der Waals surface area contributed by atoms with Crippen molar-refractivity contribution in [2.45, 2.75) is 45.3 Å². The van der Waals surface area contributed by atoms with Gasteiger partial charge < -0.3 is 14.8 Å². The molecule has 1 N–H and O–H groups in total. The molecule has 9 nitrogen and oxygen atoms in total. The van der Waals surface area contributed by atoms with E-state index in [9.17, 15) is 28.5 Å². The van der Waals surface area contributed by atoms with Crippen molar-refractivity contribution in [2.24, 2.45) is 0 Å². The van der Waals surface area contributed by atoms with E-state index in [1.165, 1.54) is 37.4 Å².